The fourth-order valence-electron chi connectivity index (χ4n) is 2.15. The first-order chi connectivity index (χ1) is 8.47. The second-order valence-electron chi connectivity index (χ2n) is 4.66. The van der Waals surface area contributed by atoms with Crippen molar-refractivity contribution < 1.29 is 13.2 Å². The van der Waals surface area contributed by atoms with Gasteiger partial charge in [0.15, 0.2) is 0 Å². The Morgan fingerprint density at radius 3 is 2.50 bits per heavy atom. The number of carbonyl (C=O) groups is 1. The molecule has 0 spiro atoms. The van der Waals surface area contributed by atoms with Crippen LogP contribution in [0.3, 0.4) is 0 Å². The molecule has 0 bridgehead atoms. The van der Waals surface area contributed by atoms with E-state index in [1.807, 2.05) is 6.92 Å². The summed E-state index contributed by atoms with van der Waals surface area (Å²) in [5.41, 5.74) is 5.16. The van der Waals surface area contributed by atoms with Crippen LogP contribution >= 0.6 is 0 Å². The molecule has 3 N–H and O–H groups in total. The minimum atomic E-state index is -3.37. The number of nitrogens with one attached hydrogen (secondary N) is 1. The highest BCUT2D eigenvalue weighted by molar-refractivity contribution is 7.89. The van der Waals surface area contributed by atoms with Gasteiger partial charge in [-0.05, 0) is 32.4 Å². The van der Waals surface area contributed by atoms with E-state index in [0.29, 0.717) is 6.42 Å². The molecule has 1 aliphatic heterocycles. The molecule has 0 unspecified atom stereocenters. The van der Waals surface area contributed by atoms with E-state index in [-0.39, 0.29) is 18.3 Å². The average Bonchev–Trinajstić information content (AvgIpc) is 2.34. The number of primary amides is 1. The maximum Gasteiger partial charge on any atom is 0.232 e. The van der Waals surface area contributed by atoms with E-state index in [1.54, 1.807) is 0 Å². The molecule has 0 aromatic heterocycles. The van der Waals surface area contributed by atoms with Crippen LogP contribution in [-0.4, -0.2) is 50.1 Å². The average molecular weight is 277 g/mol. The predicted molar refractivity (Wildman–Crippen MR) is 70.5 cm³/mol. The zero-order chi connectivity index (χ0) is 13.6. The van der Waals surface area contributed by atoms with Crippen molar-refractivity contribution in [3.8, 4) is 0 Å². The van der Waals surface area contributed by atoms with Gasteiger partial charge in [-0.3, -0.25) is 4.79 Å². The number of piperidine rings is 1. The molecule has 1 aliphatic rings. The number of hydrogen-bond donors (Lipinski definition) is 2. The lowest BCUT2D eigenvalue weighted by Gasteiger charge is -2.32. The van der Waals surface area contributed by atoms with Gasteiger partial charge in [-0.1, -0.05) is 13.3 Å². The van der Waals surface area contributed by atoms with Crippen molar-refractivity contribution >= 4 is 15.9 Å². The summed E-state index contributed by atoms with van der Waals surface area (Å²) in [5.74, 6) is -0.491. The van der Waals surface area contributed by atoms with E-state index in [2.05, 4.69) is 5.32 Å². The van der Waals surface area contributed by atoms with Crippen LogP contribution < -0.4 is 11.1 Å². The summed E-state index contributed by atoms with van der Waals surface area (Å²) in [6.45, 7) is 3.31. The number of nitrogens with two attached hydrogens (primary N) is 1. The highest BCUT2D eigenvalue weighted by atomic mass is 32.2. The molecule has 0 aromatic carbocycles. The van der Waals surface area contributed by atoms with Crippen LogP contribution in [0.25, 0.3) is 0 Å². The summed E-state index contributed by atoms with van der Waals surface area (Å²) >= 11 is 0. The number of sulfonamides is 1. The summed E-state index contributed by atoms with van der Waals surface area (Å²) in [7, 11) is -3.37. The first-order valence-electron chi connectivity index (χ1n) is 6.46. The number of hydrogen-bond acceptors (Lipinski definition) is 4. The van der Waals surface area contributed by atoms with Crippen molar-refractivity contribution in [2.45, 2.75) is 38.6 Å². The van der Waals surface area contributed by atoms with Crippen molar-refractivity contribution in [1.29, 1.82) is 0 Å². The van der Waals surface area contributed by atoms with Gasteiger partial charge >= 0.3 is 0 Å². The molecule has 1 amide bonds. The van der Waals surface area contributed by atoms with Gasteiger partial charge in [-0.2, -0.15) is 4.31 Å². The van der Waals surface area contributed by atoms with Gasteiger partial charge < -0.3 is 11.1 Å². The third kappa shape index (κ3) is 4.55. The fourth-order valence-corrected chi connectivity index (χ4v) is 4.02. The van der Waals surface area contributed by atoms with Crippen molar-refractivity contribution in [2.24, 2.45) is 5.73 Å². The quantitative estimate of drug-likeness (QED) is 0.665. The first kappa shape index (κ1) is 15.4. The lowest BCUT2D eigenvalue weighted by atomic mass is 10.1. The SMILES string of the molecule is CCCCS(=O)(=O)N(CC(N)=O)C1CCNCC1. The van der Waals surface area contributed by atoms with Crippen LogP contribution in [0.5, 0.6) is 0 Å². The van der Waals surface area contributed by atoms with Crippen LogP contribution in [-0.2, 0) is 14.8 Å². The molecule has 0 radical (unpaired) electrons. The molecule has 1 saturated heterocycles. The third-order valence-electron chi connectivity index (χ3n) is 3.14. The maximum atomic E-state index is 12.2. The monoisotopic (exact) mass is 277 g/mol. The molecule has 7 heteroatoms. The molecule has 0 atom stereocenters. The molecule has 1 rings (SSSR count). The number of nitrogens with zero attached hydrogens (tertiary/aromatic N) is 1. The van der Waals surface area contributed by atoms with Crippen LogP contribution in [0, 0.1) is 0 Å². The topological polar surface area (TPSA) is 92.5 Å². The van der Waals surface area contributed by atoms with Crippen molar-refractivity contribution in [3.05, 3.63) is 0 Å². The normalized spacial score (nSPS) is 18.1. The second kappa shape index (κ2) is 7.06. The number of unbranched alkanes of at least 4 members (excludes halogenated alkanes) is 1. The smallest absolute Gasteiger partial charge is 0.232 e. The summed E-state index contributed by atoms with van der Waals surface area (Å²) in [6.07, 6.45) is 2.90. The second-order valence-corrected chi connectivity index (χ2v) is 6.70. The lowest BCUT2D eigenvalue weighted by Crippen LogP contribution is -2.49. The summed E-state index contributed by atoms with van der Waals surface area (Å²) in [5, 5.41) is 3.18. The third-order valence-corrected chi connectivity index (χ3v) is 5.09. The Hall–Kier alpha value is -0.660. The first-order valence-corrected chi connectivity index (χ1v) is 8.07. The van der Waals surface area contributed by atoms with Crippen molar-refractivity contribution in [2.75, 3.05) is 25.4 Å². The molecular formula is C11H23N3O3S. The fraction of sp³-hybridized carbons (Fsp3) is 0.909. The molecule has 1 fully saturated rings. The van der Waals surface area contributed by atoms with E-state index in [4.69, 9.17) is 5.73 Å². The predicted octanol–water partition coefficient (Wildman–Crippen LogP) is -0.344. The van der Waals surface area contributed by atoms with Crippen LogP contribution in [0.2, 0.25) is 0 Å². The number of rotatable bonds is 7. The summed E-state index contributed by atoms with van der Waals surface area (Å²) < 4.78 is 25.8. The zero-order valence-corrected chi connectivity index (χ0v) is 11.7. The Kier molecular flexibility index (Phi) is 6.04. The molecule has 1 heterocycles. The molecule has 0 aliphatic carbocycles. The molecule has 106 valence electrons. The van der Waals surface area contributed by atoms with Crippen molar-refractivity contribution in [3.63, 3.8) is 0 Å². The molecule has 0 aromatic rings. The number of amides is 1. The molecule has 18 heavy (non-hydrogen) atoms. The summed E-state index contributed by atoms with van der Waals surface area (Å²) in [6, 6.07) is -0.0967. The van der Waals surface area contributed by atoms with Gasteiger partial charge in [0.25, 0.3) is 0 Å². The Morgan fingerprint density at radius 1 is 1.39 bits per heavy atom. The Balaban J connectivity index is 2.78. The van der Waals surface area contributed by atoms with Crippen LogP contribution in [0.4, 0.5) is 0 Å². The van der Waals surface area contributed by atoms with E-state index >= 15 is 0 Å². The van der Waals surface area contributed by atoms with Gasteiger partial charge in [0.1, 0.15) is 0 Å². The largest absolute Gasteiger partial charge is 0.369 e. The lowest BCUT2D eigenvalue weighted by molar-refractivity contribution is -0.118. The van der Waals surface area contributed by atoms with E-state index in [0.717, 1.165) is 32.4 Å². The van der Waals surface area contributed by atoms with Gasteiger partial charge in [-0.15, -0.1) is 0 Å². The van der Waals surface area contributed by atoms with E-state index < -0.39 is 15.9 Å². The number of carbonyl (C=O) groups excluding carboxylic acids is 1. The van der Waals surface area contributed by atoms with Gasteiger partial charge in [0.05, 0.1) is 12.3 Å². The standard InChI is InChI=1S/C11H23N3O3S/c1-2-3-8-18(16,17)14(9-11(12)15)10-4-6-13-7-5-10/h10,13H,2-9H2,1H3,(H2,12,15). The van der Waals surface area contributed by atoms with Crippen LogP contribution in [0.1, 0.15) is 32.6 Å². The van der Waals surface area contributed by atoms with Crippen molar-refractivity contribution in [1.82, 2.24) is 9.62 Å². The van der Waals surface area contributed by atoms with E-state index in [1.165, 1.54) is 4.31 Å². The van der Waals surface area contributed by atoms with Gasteiger partial charge in [0, 0.05) is 6.04 Å². The summed E-state index contributed by atoms with van der Waals surface area (Å²) in [4.78, 5) is 11.1. The zero-order valence-electron chi connectivity index (χ0n) is 10.9. The Morgan fingerprint density at radius 2 is 2.00 bits per heavy atom. The Labute approximate surface area is 109 Å². The minimum absolute atomic E-state index is 0.0967. The maximum absolute atomic E-state index is 12.2. The van der Waals surface area contributed by atoms with E-state index in [9.17, 15) is 13.2 Å². The van der Waals surface area contributed by atoms with Crippen LogP contribution in [0.15, 0.2) is 0 Å². The molecule has 0 saturated carbocycles. The molecular weight excluding hydrogens is 254 g/mol. The molecule has 6 nitrogen and oxygen atoms in total. The highest BCUT2D eigenvalue weighted by Crippen LogP contribution is 2.17. The van der Waals surface area contributed by atoms with Gasteiger partial charge in [0.2, 0.25) is 15.9 Å². The Bertz CT molecular complexity index is 364. The highest BCUT2D eigenvalue weighted by Gasteiger charge is 2.31. The van der Waals surface area contributed by atoms with Gasteiger partial charge in [-0.25, -0.2) is 8.42 Å². The minimum Gasteiger partial charge on any atom is -0.369 e.